The van der Waals surface area contributed by atoms with E-state index in [-0.39, 0.29) is 0 Å². The third-order valence-electron chi connectivity index (χ3n) is 6.67. The van der Waals surface area contributed by atoms with E-state index in [0.717, 1.165) is 59.6 Å². The van der Waals surface area contributed by atoms with Crippen LogP contribution in [0.15, 0.2) is 78.9 Å². The van der Waals surface area contributed by atoms with E-state index in [9.17, 15) is 0 Å². The Hall–Kier alpha value is -4.32. The van der Waals surface area contributed by atoms with E-state index >= 15 is 0 Å². The van der Waals surface area contributed by atoms with Crippen molar-refractivity contribution < 1.29 is 28.4 Å². The maximum atomic E-state index is 6.45. The number of hydrogen-bond acceptors (Lipinski definition) is 6. The Morgan fingerprint density at radius 3 is 1.72 bits per heavy atom. The van der Waals surface area contributed by atoms with E-state index in [1.165, 1.54) is 5.56 Å². The van der Waals surface area contributed by atoms with Crippen LogP contribution in [0.5, 0.6) is 40.2 Å². The minimum atomic E-state index is 0.596. The smallest absolute Gasteiger partial charge is 0.203 e. The summed E-state index contributed by atoms with van der Waals surface area (Å²) in [6.45, 7) is 0. The zero-order valence-electron chi connectivity index (χ0n) is 23.3. The molecule has 0 radical (unpaired) electrons. The van der Waals surface area contributed by atoms with Crippen molar-refractivity contribution >= 4 is 0 Å². The third kappa shape index (κ3) is 6.96. The average Bonchev–Trinajstić information content (AvgIpc) is 2.99. The van der Waals surface area contributed by atoms with Gasteiger partial charge < -0.3 is 28.4 Å². The minimum Gasteiger partial charge on any atom is -0.497 e. The molecule has 4 aromatic rings. The largest absolute Gasteiger partial charge is 0.497 e. The van der Waals surface area contributed by atoms with Gasteiger partial charge in [0.2, 0.25) is 5.75 Å². The molecule has 0 spiro atoms. The van der Waals surface area contributed by atoms with Crippen molar-refractivity contribution in [2.45, 2.75) is 25.7 Å². The van der Waals surface area contributed by atoms with Crippen LogP contribution in [-0.4, -0.2) is 35.5 Å². The van der Waals surface area contributed by atoms with Gasteiger partial charge in [-0.15, -0.1) is 0 Å². The van der Waals surface area contributed by atoms with Gasteiger partial charge in [-0.25, -0.2) is 0 Å². The molecular formula is C33H36O6. The van der Waals surface area contributed by atoms with Crippen LogP contribution < -0.4 is 28.4 Å². The number of hydrogen-bond donors (Lipinski definition) is 0. The maximum Gasteiger partial charge on any atom is 0.203 e. The van der Waals surface area contributed by atoms with Gasteiger partial charge in [0.15, 0.2) is 23.0 Å². The summed E-state index contributed by atoms with van der Waals surface area (Å²) in [6.07, 6.45) is 3.33. The quantitative estimate of drug-likeness (QED) is 0.185. The first-order valence-corrected chi connectivity index (χ1v) is 12.9. The Morgan fingerprint density at radius 1 is 0.436 bits per heavy atom. The maximum absolute atomic E-state index is 6.45. The summed E-state index contributed by atoms with van der Waals surface area (Å²) in [6, 6.07) is 26.4. The molecule has 6 heteroatoms. The van der Waals surface area contributed by atoms with Gasteiger partial charge in [0.05, 0.1) is 35.5 Å². The summed E-state index contributed by atoms with van der Waals surface area (Å²) in [5.41, 5.74) is 4.59. The Balaban J connectivity index is 1.49. The van der Waals surface area contributed by atoms with Crippen LogP contribution in [-0.2, 0) is 25.7 Å². The first-order valence-electron chi connectivity index (χ1n) is 12.9. The van der Waals surface area contributed by atoms with Crippen molar-refractivity contribution in [3.63, 3.8) is 0 Å². The summed E-state index contributed by atoms with van der Waals surface area (Å²) in [5.74, 6) is 4.99. The number of ether oxygens (including phenoxy) is 6. The second-order valence-corrected chi connectivity index (χ2v) is 9.08. The molecule has 204 valence electrons. The van der Waals surface area contributed by atoms with Gasteiger partial charge in [-0.1, -0.05) is 36.4 Å². The molecule has 0 N–H and O–H groups in total. The molecule has 0 aromatic heterocycles. The summed E-state index contributed by atoms with van der Waals surface area (Å²) >= 11 is 0. The molecular weight excluding hydrogens is 492 g/mol. The molecule has 0 saturated carbocycles. The van der Waals surface area contributed by atoms with Crippen LogP contribution in [0.3, 0.4) is 0 Å². The molecule has 39 heavy (non-hydrogen) atoms. The van der Waals surface area contributed by atoms with E-state index < -0.39 is 0 Å². The topological polar surface area (TPSA) is 55.4 Å². The lowest BCUT2D eigenvalue weighted by molar-refractivity contribution is 0.324. The van der Waals surface area contributed by atoms with E-state index in [4.69, 9.17) is 28.4 Å². The first-order chi connectivity index (χ1) is 19.1. The molecule has 0 fully saturated rings. The fraction of sp³-hybridized carbons (Fsp3) is 0.273. The highest BCUT2D eigenvalue weighted by molar-refractivity contribution is 5.54. The Kier molecular flexibility index (Phi) is 9.57. The van der Waals surface area contributed by atoms with E-state index in [2.05, 4.69) is 30.3 Å². The van der Waals surface area contributed by atoms with Crippen LogP contribution in [0.4, 0.5) is 0 Å². The molecule has 0 aliphatic carbocycles. The van der Waals surface area contributed by atoms with Crippen LogP contribution in [0.25, 0.3) is 0 Å². The molecule has 0 atom stereocenters. The highest BCUT2D eigenvalue weighted by Crippen LogP contribution is 2.39. The number of rotatable bonds is 13. The molecule has 0 heterocycles. The van der Waals surface area contributed by atoms with Gasteiger partial charge in [0, 0.05) is 0 Å². The summed E-state index contributed by atoms with van der Waals surface area (Å²) in [5, 5.41) is 0. The predicted molar refractivity (Wildman–Crippen MR) is 153 cm³/mol. The van der Waals surface area contributed by atoms with Crippen molar-refractivity contribution in [3.05, 3.63) is 101 Å². The molecule has 0 aliphatic heterocycles. The standard InChI is InChI=1S/C33H36O6/c1-34-27-18-15-23(16-19-27)14-17-26-9-7-11-29(35-2)32(26)39-28-10-6-8-24(20-28)12-13-25-21-30(36-3)33(38-5)31(22-25)37-4/h6-11,15-16,18-22H,12-14,17H2,1-5H3. The lowest BCUT2D eigenvalue weighted by Crippen LogP contribution is -2.00. The molecule has 4 rings (SSSR count). The van der Waals surface area contributed by atoms with Crippen molar-refractivity contribution in [2.75, 3.05) is 35.5 Å². The normalized spacial score (nSPS) is 10.6. The van der Waals surface area contributed by atoms with Crippen molar-refractivity contribution in [3.8, 4) is 40.2 Å². The molecule has 0 aliphatic rings. The summed E-state index contributed by atoms with van der Waals surface area (Å²) in [7, 11) is 8.22. The summed E-state index contributed by atoms with van der Waals surface area (Å²) < 4.78 is 33.8. The second kappa shape index (κ2) is 13.5. The lowest BCUT2D eigenvalue weighted by Gasteiger charge is -2.16. The molecule has 0 bridgehead atoms. The number of benzene rings is 4. The minimum absolute atomic E-state index is 0.596. The van der Waals surface area contributed by atoms with Gasteiger partial charge in [-0.3, -0.25) is 0 Å². The first kappa shape index (κ1) is 27.7. The van der Waals surface area contributed by atoms with E-state index in [1.807, 2.05) is 48.5 Å². The zero-order valence-corrected chi connectivity index (χ0v) is 23.3. The van der Waals surface area contributed by atoms with Gasteiger partial charge in [0.25, 0.3) is 0 Å². The highest BCUT2D eigenvalue weighted by Gasteiger charge is 2.15. The Bertz CT molecular complexity index is 1340. The molecule has 0 saturated heterocycles. The molecule has 0 unspecified atom stereocenters. The molecule has 6 nitrogen and oxygen atoms in total. The highest BCUT2D eigenvalue weighted by atomic mass is 16.5. The van der Waals surface area contributed by atoms with Crippen LogP contribution in [0.1, 0.15) is 22.3 Å². The second-order valence-electron chi connectivity index (χ2n) is 9.08. The monoisotopic (exact) mass is 528 g/mol. The van der Waals surface area contributed by atoms with Crippen molar-refractivity contribution in [1.82, 2.24) is 0 Å². The SMILES string of the molecule is COc1ccc(CCc2cccc(OC)c2Oc2cccc(CCc3cc(OC)c(OC)c(OC)c3)c2)cc1. The van der Waals surface area contributed by atoms with Gasteiger partial charge >= 0.3 is 0 Å². The average molecular weight is 529 g/mol. The third-order valence-corrected chi connectivity index (χ3v) is 6.67. The van der Waals surface area contributed by atoms with Gasteiger partial charge in [-0.2, -0.15) is 0 Å². The van der Waals surface area contributed by atoms with Crippen molar-refractivity contribution in [2.24, 2.45) is 0 Å². The fourth-order valence-corrected chi connectivity index (χ4v) is 4.56. The number of aryl methyl sites for hydroxylation is 4. The van der Waals surface area contributed by atoms with Crippen LogP contribution in [0, 0.1) is 0 Å². The Morgan fingerprint density at radius 2 is 1.08 bits per heavy atom. The lowest BCUT2D eigenvalue weighted by atomic mass is 10.0. The van der Waals surface area contributed by atoms with E-state index in [1.54, 1.807) is 35.5 Å². The Labute approximate surface area is 231 Å². The van der Waals surface area contributed by atoms with E-state index in [0.29, 0.717) is 23.0 Å². The summed E-state index contributed by atoms with van der Waals surface area (Å²) in [4.78, 5) is 0. The zero-order chi connectivity index (χ0) is 27.6. The molecule has 4 aromatic carbocycles. The van der Waals surface area contributed by atoms with Gasteiger partial charge in [0.1, 0.15) is 11.5 Å². The number of methoxy groups -OCH3 is 5. The van der Waals surface area contributed by atoms with Gasteiger partial charge in [-0.05, 0) is 90.4 Å². The molecule has 0 amide bonds. The van der Waals surface area contributed by atoms with Crippen molar-refractivity contribution in [1.29, 1.82) is 0 Å². The number of para-hydroxylation sites is 1. The van der Waals surface area contributed by atoms with Crippen LogP contribution in [0.2, 0.25) is 0 Å². The predicted octanol–water partition coefficient (Wildman–Crippen LogP) is 7.09. The van der Waals surface area contributed by atoms with Crippen LogP contribution >= 0.6 is 0 Å². The fourth-order valence-electron chi connectivity index (χ4n) is 4.56.